The molecule has 0 radical (unpaired) electrons. The fraction of sp³-hybridized carbons (Fsp3) is 0.154. The van der Waals surface area contributed by atoms with Crippen LogP contribution >= 0.6 is 35.0 Å². The molecule has 0 aliphatic carbocycles. The van der Waals surface area contributed by atoms with E-state index in [-0.39, 0.29) is 5.91 Å². The van der Waals surface area contributed by atoms with Crippen LogP contribution < -0.4 is 5.32 Å². The molecule has 1 unspecified atom stereocenters. The minimum absolute atomic E-state index is 0.186. The molecule has 4 nitrogen and oxygen atoms in total. The number of amides is 1. The van der Waals surface area contributed by atoms with Crippen molar-refractivity contribution in [1.29, 1.82) is 0 Å². The van der Waals surface area contributed by atoms with E-state index < -0.39 is 5.25 Å². The van der Waals surface area contributed by atoms with Gasteiger partial charge in [-0.3, -0.25) is 4.79 Å². The molecule has 0 saturated carbocycles. The molecule has 0 aliphatic rings. The van der Waals surface area contributed by atoms with Gasteiger partial charge in [0.25, 0.3) is 0 Å². The lowest BCUT2D eigenvalue weighted by Crippen LogP contribution is -2.22. The number of H-pyrrole nitrogens is 1. The Kier molecular flexibility index (Phi) is 7.13. The van der Waals surface area contributed by atoms with Crippen molar-refractivity contribution in [3.05, 3.63) is 87.9 Å². The number of carbonyl (C=O) groups is 1. The number of aromatic nitrogens is 2. The van der Waals surface area contributed by atoms with E-state index in [1.807, 2.05) is 6.92 Å². The number of benzene rings is 3. The lowest BCUT2D eigenvalue weighted by atomic mass is 10.0. The molecule has 7 heteroatoms. The molecule has 4 aromatic rings. The summed E-state index contributed by atoms with van der Waals surface area (Å²) in [7, 11) is 0. The second-order valence-corrected chi connectivity index (χ2v) is 10.0. The Bertz CT molecular complexity index is 1220. The van der Waals surface area contributed by atoms with E-state index in [1.54, 1.807) is 18.2 Å². The Balaban J connectivity index is 1.61. The van der Waals surface area contributed by atoms with Gasteiger partial charge in [0.15, 0.2) is 5.16 Å². The molecule has 4 rings (SSSR count). The first-order chi connectivity index (χ1) is 15.8. The Morgan fingerprint density at radius 2 is 1.55 bits per heavy atom. The Morgan fingerprint density at radius 1 is 0.939 bits per heavy atom. The quantitative estimate of drug-likeness (QED) is 0.268. The molecular formula is C26H23Cl2N3OS. The molecule has 33 heavy (non-hydrogen) atoms. The number of aryl methyl sites for hydroxylation is 2. The largest absolute Gasteiger partial charge is 0.332 e. The minimum Gasteiger partial charge on any atom is -0.332 e. The second kappa shape index (κ2) is 10.0. The highest BCUT2D eigenvalue weighted by Gasteiger charge is 2.20. The van der Waals surface area contributed by atoms with Crippen molar-refractivity contribution in [1.82, 2.24) is 9.97 Å². The van der Waals surface area contributed by atoms with Crippen molar-refractivity contribution in [3.63, 3.8) is 0 Å². The van der Waals surface area contributed by atoms with E-state index in [0.29, 0.717) is 20.9 Å². The van der Waals surface area contributed by atoms with Gasteiger partial charge < -0.3 is 10.3 Å². The van der Waals surface area contributed by atoms with Crippen molar-refractivity contribution in [2.75, 3.05) is 5.32 Å². The van der Waals surface area contributed by atoms with Gasteiger partial charge in [-0.25, -0.2) is 4.98 Å². The van der Waals surface area contributed by atoms with Crippen LogP contribution in [0.4, 0.5) is 5.69 Å². The predicted octanol–water partition coefficient (Wildman–Crippen LogP) is 7.79. The van der Waals surface area contributed by atoms with Gasteiger partial charge in [-0.2, -0.15) is 0 Å². The number of thioether (sulfide) groups is 1. The Labute approximate surface area is 207 Å². The summed E-state index contributed by atoms with van der Waals surface area (Å²) in [6.45, 7) is 5.95. The summed E-state index contributed by atoms with van der Waals surface area (Å²) in [6, 6.07) is 21.5. The van der Waals surface area contributed by atoms with Crippen molar-refractivity contribution >= 4 is 46.6 Å². The van der Waals surface area contributed by atoms with E-state index >= 15 is 0 Å². The maximum absolute atomic E-state index is 12.8. The number of hydrogen-bond acceptors (Lipinski definition) is 3. The molecule has 0 saturated heterocycles. The van der Waals surface area contributed by atoms with Crippen LogP contribution in [0.2, 0.25) is 10.0 Å². The summed E-state index contributed by atoms with van der Waals surface area (Å²) in [5.74, 6) is -0.186. The summed E-state index contributed by atoms with van der Waals surface area (Å²) < 4.78 is 0. The van der Waals surface area contributed by atoms with Crippen molar-refractivity contribution in [2.24, 2.45) is 0 Å². The maximum atomic E-state index is 12.8. The highest BCUT2D eigenvalue weighted by atomic mass is 35.5. The van der Waals surface area contributed by atoms with Gasteiger partial charge >= 0.3 is 0 Å². The zero-order chi connectivity index (χ0) is 23.5. The number of hydrogen-bond donors (Lipinski definition) is 2. The molecule has 0 bridgehead atoms. The van der Waals surface area contributed by atoms with Crippen LogP contribution in [0, 0.1) is 13.8 Å². The third-order valence-electron chi connectivity index (χ3n) is 5.19. The van der Waals surface area contributed by atoms with E-state index in [0.717, 1.165) is 22.5 Å². The molecule has 1 heterocycles. The average molecular weight is 496 g/mol. The summed E-state index contributed by atoms with van der Waals surface area (Å²) >= 11 is 13.6. The van der Waals surface area contributed by atoms with E-state index in [2.05, 4.69) is 72.7 Å². The maximum Gasteiger partial charge on any atom is 0.237 e. The van der Waals surface area contributed by atoms with Crippen molar-refractivity contribution in [2.45, 2.75) is 31.2 Å². The average Bonchev–Trinajstić information content (AvgIpc) is 3.21. The predicted molar refractivity (Wildman–Crippen MR) is 139 cm³/mol. The molecule has 3 aromatic carbocycles. The molecule has 2 N–H and O–H groups in total. The molecule has 0 aliphatic heterocycles. The number of nitrogens with zero attached hydrogens (tertiary/aromatic N) is 1. The van der Waals surface area contributed by atoms with E-state index in [4.69, 9.17) is 28.2 Å². The zero-order valence-electron chi connectivity index (χ0n) is 18.4. The van der Waals surface area contributed by atoms with Crippen LogP contribution in [0.1, 0.15) is 18.1 Å². The molecular weight excluding hydrogens is 473 g/mol. The molecule has 1 atom stereocenters. The lowest BCUT2D eigenvalue weighted by Gasteiger charge is -2.12. The van der Waals surface area contributed by atoms with Crippen LogP contribution in [-0.4, -0.2) is 21.1 Å². The first kappa shape index (κ1) is 23.4. The van der Waals surface area contributed by atoms with Crippen molar-refractivity contribution < 1.29 is 4.79 Å². The smallest absolute Gasteiger partial charge is 0.237 e. The van der Waals surface area contributed by atoms with Gasteiger partial charge in [0.05, 0.1) is 27.3 Å². The van der Waals surface area contributed by atoms with Gasteiger partial charge in [0.1, 0.15) is 0 Å². The number of rotatable bonds is 6. The van der Waals surface area contributed by atoms with Gasteiger partial charge in [0.2, 0.25) is 5.91 Å². The summed E-state index contributed by atoms with van der Waals surface area (Å²) in [6.07, 6.45) is 0. The highest BCUT2D eigenvalue weighted by molar-refractivity contribution is 8.00. The van der Waals surface area contributed by atoms with Crippen molar-refractivity contribution in [3.8, 4) is 22.5 Å². The van der Waals surface area contributed by atoms with Gasteiger partial charge in [0, 0.05) is 16.1 Å². The highest BCUT2D eigenvalue weighted by Crippen LogP contribution is 2.34. The number of halogens is 2. The summed E-state index contributed by atoms with van der Waals surface area (Å²) in [5, 5.41) is 4.05. The topological polar surface area (TPSA) is 57.8 Å². The van der Waals surface area contributed by atoms with E-state index in [9.17, 15) is 4.79 Å². The summed E-state index contributed by atoms with van der Waals surface area (Å²) in [5.41, 5.74) is 6.70. The minimum atomic E-state index is -0.414. The first-order valence-corrected chi connectivity index (χ1v) is 12.1. The number of aromatic amines is 1. The third kappa shape index (κ3) is 5.61. The number of imidazole rings is 1. The molecule has 1 amide bonds. The molecule has 168 valence electrons. The normalized spacial score (nSPS) is 11.9. The zero-order valence-corrected chi connectivity index (χ0v) is 20.8. The van der Waals surface area contributed by atoms with Gasteiger partial charge in [-0.05, 0) is 39.0 Å². The molecule has 0 fully saturated rings. The van der Waals surface area contributed by atoms with Crippen LogP contribution in [-0.2, 0) is 4.79 Å². The second-order valence-electron chi connectivity index (χ2n) is 7.87. The SMILES string of the molecule is Cc1ccc(-c2nc(SC(C)C(=O)Nc3cc(Cl)ccc3Cl)[nH]c2-c2ccc(C)cc2)cc1. The number of carbonyl (C=O) groups excluding carboxylic acids is 1. The van der Waals surface area contributed by atoms with Crippen LogP contribution in [0.15, 0.2) is 71.9 Å². The lowest BCUT2D eigenvalue weighted by molar-refractivity contribution is -0.115. The summed E-state index contributed by atoms with van der Waals surface area (Å²) in [4.78, 5) is 21.1. The van der Waals surface area contributed by atoms with E-state index in [1.165, 1.54) is 22.9 Å². The number of nitrogens with one attached hydrogen (secondary N) is 2. The Morgan fingerprint density at radius 3 is 2.18 bits per heavy atom. The fourth-order valence-electron chi connectivity index (χ4n) is 3.31. The molecule has 0 spiro atoms. The third-order valence-corrected chi connectivity index (χ3v) is 6.74. The van der Waals surface area contributed by atoms with Crippen LogP contribution in [0.25, 0.3) is 22.5 Å². The van der Waals surface area contributed by atoms with Gasteiger partial charge in [-0.15, -0.1) is 0 Å². The van der Waals surface area contributed by atoms with Crippen LogP contribution in [0.3, 0.4) is 0 Å². The Hall–Kier alpha value is -2.73. The first-order valence-electron chi connectivity index (χ1n) is 10.5. The number of anilines is 1. The molecule has 1 aromatic heterocycles. The monoisotopic (exact) mass is 495 g/mol. The standard InChI is InChI=1S/C26H23Cl2N3OS/c1-15-4-8-18(9-5-15)23-24(19-10-6-16(2)7-11-19)31-26(30-23)33-17(3)25(32)29-22-14-20(27)12-13-21(22)28/h4-14,17H,1-3H3,(H,29,32)(H,30,31). The fourth-order valence-corrected chi connectivity index (χ4v) is 4.45. The van der Waals surface area contributed by atoms with Gasteiger partial charge in [-0.1, -0.05) is 94.6 Å². The van der Waals surface area contributed by atoms with Crippen LogP contribution in [0.5, 0.6) is 0 Å².